The SMILES string of the molecule is CC(C)[C@@H](O)[C@@H](C)/C=C(\OC(=O)N(C(C)C)C(C)C)S(=O)(=O)c1ccccc1. The number of hydrogen-bond donors (Lipinski definition) is 1. The molecular formula is C21H33NO5S. The van der Waals surface area contributed by atoms with Gasteiger partial charge < -0.3 is 14.7 Å². The number of sulfone groups is 1. The van der Waals surface area contributed by atoms with Gasteiger partial charge in [-0.2, -0.15) is 0 Å². The topological polar surface area (TPSA) is 83.9 Å². The fourth-order valence-corrected chi connectivity index (χ4v) is 4.29. The summed E-state index contributed by atoms with van der Waals surface area (Å²) in [5.74, 6) is -0.599. The second-order valence-electron chi connectivity index (χ2n) is 7.86. The molecule has 0 spiro atoms. The highest BCUT2D eigenvalue weighted by Gasteiger charge is 2.31. The van der Waals surface area contributed by atoms with E-state index in [-0.39, 0.29) is 22.9 Å². The van der Waals surface area contributed by atoms with Crippen LogP contribution in [0.15, 0.2) is 46.4 Å². The monoisotopic (exact) mass is 411 g/mol. The van der Waals surface area contributed by atoms with E-state index in [0.29, 0.717) is 0 Å². The summed E-state index contributed by atoms with van der Waals surface area (Å²) in [5.41, 5.74) is 0. The Morgan fingerprint density at radius 3 is 1.93 bits per heavy atom. The maximum atomic E-state index is 13.1. The van der Waals surface area contributed by atoms with Crippen molar-refractivity contribution in [3.8, 4) is 0 Å². The summed E-state index contributed by atoms with van der Waals surface area (Å²) in [5, 5.41) is 9.85. The fraction of sp³-hybridized carbons (Fsp3) is 0.571. The normalized spacial score (nSPS) is 15.0. The predicted molar refractivity (Wildman–Crippen MR) is 110 cm³/mol. The second-order valence-corrected chi connectivity index (χ2v) is 9.74. The molecule has 1 rings (SSSR count). The number of benzene rings is 1. The Morgan fingerprint density at radius 2 is 1.50 bits per heavy atom. The van der Waals surface area contributed by atoms with E-state index in [1.54, 1.807) is 25.1 Å². The summed E-state index contributed by atoms with van der Waals surface area (Å²) in [7, 11) is -4.06. The van der Waals surface area contributed by atoms with Gasteiger partial charge in [-0.1, -0.05) is 39.0 Å². The van der Waals surface area contributed by atoms with E-state index >= 15 is 0 Å². The molecule has 158 valence electrons. The van der Waals surface area contributed by atoms with Crippen LogP contribution >= 0.6 is 0 Å². The first-order valence-electron chi connectivity index (χ1n) is 9.59. The minimum Gasteiger partial charge on any atom is -0.398 e. The first kappa shape index (κ1) is 24.2. The van der Waals surface area contributed by atoms with Crippen molar-refractivity contribution >= 4 is 15.9 Å². The Kier molecular flexibility index (Phi) is 8.70. The Balaban J connectivity index is 3.39. The highest BCUT2D eigenvalue weighted by Crippen LogP contribution is 2.25. The van der Waals surface area contributed by atoms with Gasteiger partial charge in [0.1, 0.15) is 0 Å². The summed E-state index contributed by atoms with van der Waals surface area (Å²) >= 11 is 0. The zero-order valence-electron chi connectivity index (χ0n) is 17.8. The molecule has 2 atom stereocenters. The molecule has 1 aromatic rings. The Labute approximate surface area is 169 Å². The molecule has 0 radical (unpaired) electrons. The number of nitrogens with zero attached hydrogens (tertiary/aromatic N) is 1. The average Bonchev–Trinajstić information content (AvgIpc) is 2.60. The highest BCUT2D eigenvalue weighted by molar-refractivity contribution is 7.95. The van der Waals surface area contributed by atoms with E-state index < -0.39 is 33.0 Å². The number of ether oxygens (including phenoxy) is 1. The molecule has 1 N–H and O–H groups in total. The molecule has 7 heteroatoms. The lowest BCUT2D eigenvalue weighted by Gasteiger charge is -2.30. The van der Waals surface area contributed by atoms with Crippen molar-refractivity contribution in [3.63, 3.8) is 0 Å². The number of hydrogen-bond acceptors (Lipinski definition) is 5. The molecule has 0 aliphatic carbocycles. The van der Waals surface area contributed by atoms with Gasteiger partial charge in [0.25, 0.3) is 0 Å². The summed E-state index contributed by atoms with van der Waals surface area (Å²) in [6, 6.07) is 7.49. The van der Waals surface area contributed by atoms with Crippen LogP contribution in [0.4, 0.5) is 4.79 Å². The van der Waals surface area contributed by atoms with Gasteiger partial charge in [-0.05, 0) is 51.8 Å². The highest BCUT2D eigenvalue weighted by atomic mass is 32.2. The molecule has 0 bridgehead atoms. The van der Waals surface area contributed by atoms with Crippen molar-refractivity contribution in [2.75, 3.05) is 0 Å². The number of carbonyl (C=O) groups is 1. The summed E-state index contributed by atoms with van der Waals surface area (Å²) < 4.78 is 31.6. The zero-order chi connectivity index (χ0) is 21.6. The van der Waals surface area contributed by atoms with Crippen molar-refractivity contribution in [1.29, 1.82) is 0 Å². The number of rotatable bonds is 8. The number of amides is 1. The van der Waals surface area contributed by atoms with E-state index in [4.69, 9.17) is 4.74 Å². The molecule has 0 aliphatic heterocycles. The van der Waals surface area contributed by atoms with Crippen molar-refractivity contribution in [2.45, 2.75) is 71.5 Å². The molecule has 1 amide bonds. The zero-order valence-corrected chi connectivity index (χ0v) is 18.6. The van der Waals surface area contributed by atoms with Crippen LogP contribution in [0.1, 0.15) is 48.5 Å². The Hall–Kier alpha value is -1.86. The number of aliphatic hydroxyl groups is 1. The standard InChI is InChI=1S/C21H33NO5S/c1-14(2)20(23)17(7)13-19(27-21(24)22(15(3)4)16(5)6)28(25,26)18-11-9-8-10-12-18/h8-17,20,23H,1-7H3/b19-13+/t17-,20+/m0/s1. The van der Waals surface area contributed by atoms with E-state index in [1.807, 2.05) is 41.5 Å². The molecule has 0 fully saturated rings. The average molecular weight is 412 g/mol. The van der Waals surface area contributed by atoms with Crippen LogP contribution in [-0.4, -0.2) is 42.7 Å². The van der Waals surface area contributed by atoms with Gasteiger partial charge in [-0.25, -0.2) is 13.2 Å². The molecule has 0 saturated carbocycles. The van der Waals surface area contributed by atoms with Crippen LogP contribution < -0.4 is 0 Å². The second kappa shape index (κ2) is 10.1. The molecule has 0 unspecified atom stereocenters. The smallest absolute Gasteiger partial charge is 0.398 e. The van der Waals surface area contributed by atoms with Crippen molar-refractivity contribution in [2.24, 2.45) is 11.8 Å². The van der Waals surface area contributed by atoms with Crippen molar-refractivity contribution in [3.05, 3.63) is 41.5 Å². The quantitative estimate of drug-likeness (QED) is 0.648. The minimum atomic E-state index is -4.06. The summed E-state index contributed by atoms with van der Waals surface area (Å²) in [6.07, 6.45) is -0.183. The molecular weight excluding hydrogens is 378 g/mol. The van der Waals surface area contributed by atoms with E-state index in [1.165, 1.54) is 23.1 Å². The third kappa shape index (κ3) is 6.07. The Morgan fingerprint density at radius 1 is 1.00 bits per heavy atom. The van der Waals surface area contributed by atoms with Crippen LogP contribution in [0.3, 0.4) is 0 Å². The summed E-state index contributed by atoms with van der Waals surface area (Å²) in [4.78, 5) is 14.2. The van der Waals surface area contributed by atoms with Crippen molar-refractivity contribution < 1.29 is 23.1 Å². The van der Waals surface area contributed by atoms with Crippen LogP contribution in [0, 0.1) is 11.8 Å². The number of aliphatic hydroxyl groups excluding tert-OH is 1. The maximum Gasteiger partial charge on any atom is 0.416 e. The van der Waals surface area contributed by atoms with Gasteiger partial charge in [0.05, 0.1) is 11.0 Å². The molecule has 0 heterocycles. The fourth-order valence-electron chi connectivity index (χ4n) is 2.97. The van der Waals surface area contributed by atoms with Gasteiger partial charge in [-0.15, -0.1) is 0 Å². The third-order valence-electron chi connectivity index (χ3n) is 4.45. The lowest BCUT2D eigenvalue weighted by atomic mass is 9.95. The molecule has 6 nitrogen and oxygen atoms in total. The van der Waals surface area contributed by atoms with E-state index in [2.05, 4.69) is 0 Å². The Bertz CT molecular complexity index is 761. The minimum absolute atomic E-state index is 0.0286. The molecule has 0 aromatic heterocycles. The van der Waals surface area contributed by atoms with Gasteiger partial charge >= 0.3 is 6.09 Å². The predicted octanol–water partition coefficient (Wildman–Crippen LogP) is 4.21. The van der Waals surface area contributed by atoms with Gasteiger partial charge in [-0.3, -0.25) is 0 Å². The van der Waals surface area contributed by atoms with E-state index in [9.17, 15) is 18.3 Å². The van der Waals surface area contributed by atoms with Gasteiger partial charge in [0.15, 0.2) is 0 Å². The third-order valence-corrected chi connectivity index (χ3v) is 6.09. The van der Waals surface area contributed by atoms with E-state index in [0.717, 1.165) is 0 Å². The molecule has 0 aliphatic rings. The first-order valence-corrected chi connectivity index (χ1v) is 11.1. The largest absolute Gasteiger partial charge is 0.416 e. The first-order chi connectivity index (χ1) is 12.9. The lowest BCUT2D eigenvalue weighted by Crippen LogP contribution is -2.42. The van der Waals surface area contributed by atoms with Crippen molar-refractivity contribution in [1.82, 2.24) is 4.90 Å². The van der Waals surface area contributed by atoms with Crippen LogP contribution in [0.25, 0.3) is 0 Å². The molecule has 0 saturated heterocycles. The number of carbonyl (C=O) groups excluding carboxylic acids is 1. The van der Waals surface area contributed by atoms with Crippen LogP contribution in [0.2, 0.25) is 0 Å². The molecule has 1 aromatic carbocycles. The lowest BCUT2D eigenvalue weighted by molar-refractivity contribution is 0.0867. The summed E-state index contributed by atoms with van der Waals surface area (Å²) in [6.45, 7) is 12.7. The van der Waals surface area contributed by atoms with Crippen LogP contribution in [-0.2, 0) is 14.6 Å². The maximum absolute atomic E-state index is 13.1. The van der Waals surface area contributed by atoms with Gasteiger partial charge in [0.2, 0.25) is 14.9 Å². The van der Waals surface area contributed by atoms with Gasteiger partial charge in [0, 0.05) is 18.0 Å². The van der Waals surface area contributed by atoms with Crippen LogP contribution in [0.5, 0.6) is 0 Å². The molecule has 28 heavy (non-hydrogen) atoms.